The molecule has 43 heavy (non-hydrogen) atoms. The number of nitrogens with zero attached hydrogens (tertiary/aromatic N) is 2. The molecule has 210 valence electrons. The molecule has 8 rings (SSSR count). The lowest BCUT2D eigenvalue weighted by molar-refractivity contribution is 0.670. The van der Waals surface area contributed by atoms with E-state index in [-0.39, 0.29) is 0 Å². The highest BCUT2D eigenvalue weighted by Gasteiger charge is 2.24. The first-order valence-corrected chi connectivity index (χ1v) is 15.0. The average Bonchev–Trinajstić information content (AvgIpc) is 3.60. The molecule has 8 aromatic rings. The zero-order valence-corrected chi connectivity index (χ0v) is 24.8. The van der Waals surface area contributed by atoms with Crippen molar-refractivity contribution in [2.45, 2.75) is 46.4 Å². The van der Waals surface area contributed by atoms with Crippen molar-refractivity contribution in [3.8, 4) is 17.1 Å². The van der Waals surface area contributed by atoms with Gasteiger partial charge in [0.05, 0.1) is 22.3 Å². The summed E-state index contributed by atoms with van der Waals surface area (Å²) in [5.74, 6) is 1.50. The number of imidazole rings is 1. The number of aryl methyl sites for hydroxylation is 1. The van der Waals surface area contributed by atoms with E-state index < -0.39 is 6.85 Å². The molecule has 0 saturated heterocycles. The highest BCUT2D eigenvalue weighted by molar-refractivity contribution is 6.17. The molecule has 2 aromatic heterocycles. The predicted molar refractivity (Wildman–Crippen MR) is 182 cm³/mol. The fourth-order valence-electron chi connectivity index (χ4n) is 6.74. The van der Waals surface area contributed by atoms with E-state index >= 15 is 0 Å². The van der Waals surface area contributed by atoms with Gasteiger partial charge in [-0.05, 0) is 81.7 Å². The van der Waals surface area contributed by atoms with Gasteiger partial charge in [-0.3, -0.25) is 4.57 Å². The highest BCUT2D eigenvalue weighted by Crippen LogP contribution is 2.42. The topological polar surface area (TPSA) is 31.0 Å². The number of para-hydroxylation sites is 4. The molecule has 0 aliphatic heterocycles. The summed E-state index contributed by atoms with van der Waals surface area (Å²) < 4.78 is 32.7. The van der Waals surface area contributed by atoms with Crippen molar-refractivity contribution in [2.75, 3.05) is 0 Å². The number of aromatic nitrogens is 2. The van der Waals surface area contributed by atoms with Crippen LogP contribution in [0.1, 0.15) is 60.3 Å². The van der Waals surface area contributed by atoms with Gasteiger partial charge < -0.3 is 4.42 Å². The van der Waals surface area contributed by atoms with Crippen molar-refractivity contribution in [3.63, 3.8) is 0 Å². The number of hydrogen-bond acceptors (Lipinski definition) is 2. The summed E-state index contributed by atoms with van der Waals surface area (Å²) >= 11 is 0. The third kappa shape index (κ3) is 3.91. The van der Waals surface area contributed by atoms with Gasteiger partial charge in [-0.25, -0.2) is 4.98 Å². The molecule has 0 fully saturated rings. The van der Waals surface area contributed by atoms with Crippen molar-refractivity contribution >= 4 is 54.5 Å². The number of rotatable bonds is 4. The van der Waals surface area contributed by atoms with Gasteiger partial charge in [0.1, 0.15) is 17.0 Å². The third-order valence-electron chi connectivity index (χ3n) is 8.82. The number of furan rings is 1. The summed E-state index contributed by atoms with van der Waals surface area (Å²) in [5.41, 5.74) is 8.66. The van der Waals surface area contributed by atoms with Crippen molar-refractivity contribution < 1.29 is 8.53 Å². The molecular weight excluding hydrogens is 524 g/mol. The first-order chi connectivity index (χ1) is 22.1. The summed E-state index contributed by atoms with van der Waals surface area (Å²) in [7, 11) is 0. The van der Waals surface area contributed by atoms with Gasteiger partial charge >= 0.3 is 0 Å². The molecule has 3 heteroatoms. The molecule has 0 saturated carbocycles. The van der Waals surface area contributed by atoms with Crippen molar-refractivity contribution in [3.05, 3.63) is 120 Å². The van der Waals surface area contributed by atoms with Gasteiger partial charge in [0, 0.05) is 14.9 Å². The van der Waals surface area contributed by atoms with Crippen LogP contribution in [0.4, 0.5) is 0 Å². The Hall–Kier alpha value is -4.89. The van der Waals surface area contributed by atoms with E-state index in [9.17, 15) is 0 Å². The summed E-state index contributed by atoms with van der Waals surface area (Å²) in [6.07, 6.45) is 0. The minimum Gasteiger partial charge on any atom is -0.455 e. The first kappa shape index (κ1) is 22.7. The van der Waals surface area contributed by atoms with Gasteiger partial charge in [-0.2, -0.15) is 0 Å². The van der Waals surface area contributed by atoms with Gasteiger partial charge in [0.15, 0.2) is 0 Å². The number of hydrogen-bond donors (Lipinski definition) is 0. The zero-order valence-electron chi connectivity index (χ0n) is 27.8. The maximum Gasteiger partial charge on any atom is 0.149 e. The monoisotopic (exact) mass is 561 g/mol. The number of benzene rings is 6. The van der Waals surface area contributed by atoms with Crippen LogP contribution in [-0.2, 0) is 0 Å². The van der Waals surface area contributed by atoms with Crippen molar-refractivity contribution in [1.29, 1.82) is 0 Å². The molecule has 0 aliphatic rings. The molecular formula is C40H34N2O. The van der Waals surface area contributed by atoms with Gasteiger partial charge in [0.25, 0.3) is 0 Å². The Morgan fingerprint density at radius 1 is 0.674 bits per heavy atom. The van der Waals surface area contributed by atoms with Crippen LogP contribution in [0.25, 0.3) is 71.6 Å². The molecule has 3 nitrogen and oxygen atoms in total. The Morgan fingerprint density at radius 2 is 1.42 bits per heavy atom. The van der Waals surface area contributed by atoms with E-state index in [1.165, 1.54) is 16.8 Å². The first-order valence-electron chi connectivity index (χ1n) is 16.5. The summed E-state index contributed by atoms with van der Waals surface area (Å²) in [5, 5.41) is 6.07. The lowest BCUT2D eigenvalue weighted by Crippen LogP contribution is -2.08. The smallest absolute Gasteiger partial charge is 0.149 e. The predicted octanol–water partition coefficient (Wildman–Crippen LogP) is 11.5. The van der Waals surface area contributed by atoms with Gasteiger partial charge in [-0.15, -0.1) is 0 Å². The van der Waals surface area contributed by atoms with Crippen LogP contribution in [0.5, 0.6) is 0 Å². The standard InChI is InChI=1S/C40H34N2O/c1-23(2)28-10-8-11-29(24(3)4)38(28)42-36-15-7-6-14-35(36)41-40(42)32-13-9-12-31-34-22-33-27(21-37(34)43-39(31)32)18-17-26-20-25(5)16-19-30(26)33/h6-24H,1-5H3/i5D3. The maximum absolute atomic E-state index is 7.86. The molecule has 0 spiro atoms. The Bertz CT molecular complexity index is 2450. The second-order valence-electron chi connectivity index (χ2n) is 12.2. The van der Waals surface area contributed by atoms with E-state index in [1.807, 2.05) is 24.3 Å². The third-order valence-corrected chi connectivity index (χ3v) is 8.82. The summed E-state index contributed by atoms with van der Waals surface area (Å²) in [6, 6.07) is 35.1. The Balaban J connectivity index is 1.42. The summed E-state index contributed by atoms with van der Waals surface area (Å²) in [4.78, 5) is 5.26. The van der Waals surface area contributed by atoms with E-state index in [2.05, 4.69) is 99.0 Å². The SMILES string of the molecule is [2H]C([2H])([2H])c1ccc2c(ccc3cc4oc5c(-c6nc7ccccc7n6-c6c(C(C)C)cccc6C(C)C)cccc5c4cc32)c1. The minimum absolute atomic E-state index is 0.322. The van der Waals surface area contributed by atoms with Gasteiger partial charge in [0.2, 0.25) is 0 Å². The molecule has 0 aliphatic carbocycles. The van der Waals surface area contributed by atoms with Crippen LogP contribution in [0, 0.1) is 6.85 Å². The van der Waals surface area contributed by atoms with Crippen LogP contribution in [0.3, 0.4) is 0 Å². The van der Waals surface area contributed by atoms with E-state index in [0.29, 0.717) is 17.4 Å². The Labute approximate surface area is 255 Å². The highest BCUT2D eigenvalue weighted by atomic mass is 16.3. The van der Waals surface area contributed by atoms with Crippen LogP contribution in [0.2, 0.25) is 0 Å². The van der Waals surface area contributed by atoms with E-state index in [0.717, 1.165) is 65.9 Å². The average molecular weight is 562 g/mol. The lowest BCUT2D eigenvalue weighted by Gasteiger charge is -2.22. The molecule has 6 aromatic carbocycles. The van der Waals surface area contributed by atoms with Crippen LogP contribution in [0.15, 0.2) is 108 Å². The van der Waals surface area contributed by atoms with Crippen LogP contribution < -0.4 is 0 Å². The maximum atomic E-state index is 7.86. The molecule has 0 bridgehead atoms. The minimum atomic E-state index is -2.15. The normalized spacial score (nSPS) is 13.6. The molecule has 0 N–H and O–H groups in total. The van der Waals surface area contributed by atoms with Crippen LogP contribution >= 0.6 is 0 Å². The second-order valence-corrected chi connectivity index (χ2v) is 12.2. The summed E-state index contributed by atoms with van der Waals surface area (Å²) in [6.45, 7) is 6.85. The van der Waals surface area contributed by atoms with Crippen LogP contribution in [-0.4, -0.2) is 9.55 Å². The largest absolute Gasteiger partial charge is 0.455 e. The Morgan fingerprint density at radius 3 is 2.19 bits per heavy atom. The van der Waals surface area contributed by atoms with Gasteiger partial charge in [-0.1, -0.05) is 106 Å². The van der Waals surface area contributed by atoms with E-state index in [4.69, 9.17) is 13.5 Å². The fraction of sp³-hybridized carbons (Fsp3) is 0.175. The van der Waals surface area contributed by atoms with Crippen molar-refractivity contribution in [2.24, 2.45) is 0 Å². The van der Waals surface area contributed by atoms with E-state index in [1.54, 1.807) is 12.1 Å². The molecule has 0 amide bonds. The molecule has 0 unspecified atom stereocenters. The zero-order chi connectivity index (χ0) is 31.9. The molecule has 2 heterocycles. The Kier molecular flexibility index (Phi) is 5.05. The quantitative estimate of drug-likeness (QED) is 0.200. The van der Waals surface area contributed by atoms with Crippen molar-refractivity contribution in [1.82, 2.24) is 9.55 Å². The molecule has 0 atom stereocenters. The number of fused-ring (bicyclic) bond motifs is 7. The lowest BCUT2D eigenvalue weighted by atomic mass is 9.92. The second kappa shape index (κ2) is 9.57. The fourth-order valence-corrected chi connectivity index (χ4v) is 6.74. The molecule has 0 radical (unpaired) electrons.